The molecule has 5 heteroatoms. The number of hydrogen-bond acceptors (Lipinski definition) is 4. The lowest BCUT2D eigenvalue weighted by molar-refractivity contribution is 0.103. The van der Waals surface area contributed by atoms with Crippen LogP contribution in [-0.4, -0.2) is 18.4 Å². The smallest absolute Gasteiger partial charge is 0.347 e. The molecule has 1 aliphatic heterocycles. The number of hydrogen-bond donors (Lipinski definition) is 0. The Labute approximate surface area is 168 Å². The van der Waals surface area contributed by atoms with Crippen molar-refractivity contribution >= 4 is 34.0 Å². The first-order chi connectivity index (χ1) is 13.2. The zero-order chi connectivity index (χ0) is 20.2. The fourth-order valence-electron chi connectivity index (χ4n) is 4.10. The summed E-state index contributed by atoms with van der Waals surface area (Å²) in [6.07, 6.45) is 1.02. The fourth-order valence-corrected chi connectivity index (χ4v) is 4.22. The molecule has 0 saturated heterocycles. The van der Waals surface area contributed by atoms with Crippen molar-refractivity contribution in [2.45, 2.75) is 38.6 Å². The average molecular weight is 396 g/mol. The fraction of sp³-hybridized carbons (Fsp3) is 0.304. The highest BCUT2D eigenvalue weighted by molar-refractivity contribution is 6.30. The second-order valence-corrected chi connectivity index (χ2v) is 8.65. The van der Waals surface area contributed by atoms with E-state index in [9.17, 15) is 9.59 Å². The second-order valence-electron chi connectivity index (χ2n) is 8.21. The number of halogens is 1. The molecule has 3 aromatic rings. The molecule has 2 aromatic carbocycles. The molecule has 0 fully saturated rings. The second kappa shape index (κ2) is 6.49. The molecule has 0 N–H and O–H groups in total. The van der Waals surface area contributed by atoms with Gasteiger partial charge in [0, 0.05) is 40.3 Å². The quantitative estimate of drug-likeness (QED) is 0.430. The molecule has 0 amide bonds. The minimum Gasteiger partial charge on any atom is -0.422 e. The summed E-state index contributed by atoms with van der Waals surface area (Å²) < 4.78 is 5.55. The molecule has 1 aliphatic rings. The summed E-state index contributed by atoms with van der Waals surface area (Å²) in [6.45, 7) is 6.62. The molecule has 0 radical (unpaired) electrons. The Bertz CT molecular complexity index is 1140. The van der Waals surface area contributed by atoms with Gasteiger partial charge < -0.3 is 9.32 Å². The summed E-state index contributed by atoms with van der Waals surface area (Å²) in [5.74, 6) is 0.00396. The lowest BCUT2D eigenvalue weighted by atomic mass is 9.80. The lowest BCUT2D eigenvalue weighted by Gasteiger charge is -2.45. The Morgan fingerprint density at radius 2 is 1.86 bits per heavy atom. The largest absolute Gasteiger partial charge is 0.422 e. The number of nitrogens with zero attached hydrogens (tertiary/aromatic N) is 1. The van der Waals surface area contributed by atoms with E-state index in [0.717, 1.165) is 17.5 Å². The number of ketones is 1. The molecule has 28 heavy (non-hydrogen) atoms. The van der Waals surface area contributed by atoms with Gasteiger partial charge in [0.15, 0.2) is 5.78 Å². The third-order valence-electron chi connectivity index (χ3n) is 5.84. The third-order valence-corrected chi connectivity index (χ3v) is 6.09. The van der Waals surface area contributed by atoms with Gasteiger partial charge in [0.05, 0.1) is 0 Å². The molecule has 0 aliphatic carbocycles. The van der Waals surface area contributed by atoms with Gasteiger partial charge in [0.2, 0.25) is 0 Å². The normalized spacial score (nSPS) is 18.2. The van der Waals surface area contributed by atoms with Crippen molar-refractivity contribution in [3.63, 3.8) is 0 Å². The SMILES string of the molecule is CC1CC(C)(C)N(C)c2cc3oc(=O)c(C(=O)c4ccc(Cl)cc4)cc3cc21. The number of carbonyl (C=O) groups excluding carboxylic acids is 1. The number of benzene rings is 2. The monoisotopic (exact) mass is 395 g/mol. The van der Waals surface area contributed by atoms with E-state index >= 15 is 0 Å². The maximum atomic E-state index is 12.8. The van der Waals surface area contributed by atoms with Crippen LogP contribution in [0.4, 0.5) is 5.69 Å². The Morgan fingerprint density at radius 1 is 1.18 bits per heavy atom. The van der Waals surface area contributed by atoms with Crippen LogP contribution in [-0.2, 0) is 0 Å². The molecule has 144 valence electrons. The van der Waals surface area contributed by atoms with Crippen LogP contribution in [0.3, 0.4) is 0 Å². The van der Waals surface area contributed by atoms with E-state index in [0.29, 0.717) is 22.1 Å². The van der Waals surface area contributed by atoms with E-state index in [4.69, 9.17) is 16.0 Å². The van der Waals surface area contributed by atoms with Crippen LogP contribution in [0.1, 0.15) is 54.6 Å². The van der Waals surface area contributed by atoms with Crippen molar-refractivity contribution in [3.8, 4) is 0 Å². The summed E-state index contributed by atoms with van der Waals surface area (Å²) in [5.41, 5.74) is 2.59. The van der Waals surface area contributed by atoms with Crippen molar-refractivity contribution < 1.29 is 9.21 Å². The number of fused-ring (bicyclic) bond motifs is 2. The molecule has 0 saturated carbocycles. The zero-order valence-corrected chi connectivity index (χ0v) is 17.1. The molecule has 4 rings (SSSR count). The summed E-state index contributed by atoms with van der Waals surface area (Å²) in [5, 5.41) is 1.30. The maximum absolute atomic E-state index is 12.8. The van der Waals surface area contributed by atoms with E-state index in [1.54, 1.807) is 30.3 Å². The van der Waals surface area contributed by atoms with Crippen molar-refractivity contribution in [1.82, 2.24) is 0 Å². The van der Waals surface area contributed by atoms with Crippen LogP contribution in [0.15, 0.2) is 51.7 Å². The van der Waals surface area contributed by atoms with Gasteiger partial charge in [-0.3, -0.25) is 4.79 Å². The molecule has 4 nitrogen and oxygen atoms in total. The van der Waals surface area contributed by atoms with Crippen LogP contribution in [0, 0.1) is 0 Å². The van der Waals surface area contributed by atoms with E-state index in [1.807, 2.05) is 12.1 Å². The van der Waals surface area contributed by atoms with Gasteiger partial charge in [0.1, 0.15) is 11.1 Å². The van der Waals surface area contributed by atoms with E-state index in [2.05, 4.69) is 32.7 Å². The first kappa shape index (κ1) is 18.8. The lowest BCUT2D eigenvalue weighted by Crippen LogP contribution is -2.45. The van der Waals surface area contributed by atoms with Gasteiger partial charge in [-0.1, -0.05) is 18.5 Å². The van der Waals surface area contributed by atoms with E-state index in [1.165, 1.54) is 5.56 Å². The summed E-state index contributed by atoms with van der Waals surface area (Å²) in [6, 6.07) is 12.1. The van der Waals surface area contributed by atoms with Crippen LogP contribution in [0.25, 0.3) is 11.0 Å². The predicted octanol–water partition coefficient (Wildman–Crippen LogP) is 5.40. The standard InChI is InChI=1S/C23H22ClNO3/c1-13-12-23(2,3)25(4)19-11-20-15(9-17(13)19)10-18(22(27)28-20)21(26)14-5-7-16(24)8-6-14/h5-11,13H,12H2,1-4H3. The highest BCUT2D eigenvalue weighted by Gasteiger charge is 2.34. The van der Waals surface area contributed by atoms with Crippen molar-refractivity contribution in [2.75, 3.05) is 11.9 Å². The van der Waals surface area contributed by atoms with Gasteiger partial charge >= 0.3 is 5.63 Å². The average Bonchev–Trinajstić information content (AvgIpc) is 2.64. The molecule has 1 unspecified atom stereocenters. The molecular formula is C23H22ClNO3. The minimum atomic E-state index is -0.627. The van der Waals surface area contributed by atoms with Crippen LogP contribution >= 0.6 is 11.6 Å². The van der Waals surface area contributed by atoms with Crippen molar-refractivity contribution in [2.24, 2.45) is 0 Å². The molecular weight excluding hydrogens is 374 g/mol. The van der Waals surface area contributed by atoms with E-state index in [-0.39, 0.29) is 16.9 Å². The predicted molar refractivity (Wildman–Crippen MR) is 113 cm³/mol. The van der Waals surface area contributed by atoms with Gasteiger partial charge in [0.25, 0.3) is 0 Å². The Morgan fingerprint density at radius 3 is 2.54 bits per heavy atom. The topological polar surface area (TPSA) is 50.5 Å². The molecule has 2 heterocycles. The van der Waals surface area contributed by atoms with Crippen molar-refractivity contribution in [3.05, 3.63) is 74.6 Å². The summed E-state index contributed by atoms with van der Waals surface area (Å²) >= 11 is 5.89. The Kier molecular flexibility index (Phi) is 4.35. The first-order valence-corrected chi connectivity index (χ1v) is 9.71. The highest BCUT2D eigenvalue weighted by atomic mass is 35.5. The van der Waals surface area contributed by atoms with Gasteiger partial charge in [-0.25, -0.2) is 4.79 Å². The van der Waals surface area contributed by atoms with E-state index < -0.39 is 5.63 Å². The van der Waals surface area contributed by atoms with Crippen LogP contribution in [0.2, 0.25) is 5.02 Å². The Hall–Kier alpha value is -2.59. The third kappa shape index (κ3) is 3.02. The number of rotatable bonds is 2. The van der Waals surface area contributed by atoms with Crippen LogP contribution < -0.4 is 10.5 Å². The molecule has 1 aromatic heterocycles. The van der Waals surface area contributed by atoms with Gasteiger partial charge in [-0.05, 0) is 68.1 Å². The summed E-state index contributed by atoms with van der Waals surface area (Å²) in [4.78, 5) is 27.6. The molecule has 0 bridgehead atoms. The zero-order valence-electron chi connectivity index (χ0n) is 16.4. The van der Waals surface area contributed by atoms with Gasteiger partial charge in [-0.2, -0.15) is 0 Å². The molecule has 0 spiro atoms. The molecule has 1 atom stereocenters. The maximum Gasteiger partial charge on any atom is 0.347 e. The van der Waals surface area contributed by atoms with Crippen LogP contribution in [0.5, 0.6) is 0 Å². The highest BCUT2D eigenvalue weighted by Crippen LogP contribution is 2.43. The summed E-state index contributed by atoms with van der Waals surface area (Å²) in [7, 11) is 2.06. The Balaban J connectivity index is 1.86. The first-order valence-electron chi connectivity index (χ1n) is 9.33. The number of anilines is 1. The number of carbonyl (C=O) groups is 1. The minimum absolute atomic E-state index is 0.0187. The van der Waals surface area contributed by atoms with Gasteiger partial charge in [-0.15, -0.1) is 0 Å². The van der Waals surface area contributed by atoms with Crippen molar-refractivity contribution in [1.29, 1.82) is 0 Å².